The molecule has 1 fully saturated rings. The Morgan fingerprint density at radius 1 is 1.14 bits per heavy atom. The third-order valence-electron chi connectivity index (χ3n) is 5.30. The molecule has 28 heavy (non-hydrogen) atoms. The van der Waals surface area contributed by atoms with E-state index in [-0.39, 0.29) is 12.1 Å². The number of aromatic nitrogens is 3. The Morgan fingerprint density at radius 2 is 1.86 bits per heavy atom. The molecule has 0 radical (unpaired) electrons. The van der Waals surface area contributed by atoms with Crippen molar-refractivity contribution in [2.75, 3.05) is 5.73 Å². The van der Waals surface area contributed by atoms with E-state index in [0.29, 0.717) is 23.7 Å². The fraction of sp³-hybridized carbons (Fsp3) is 0.381. The van der Waals surface area contributed by atoms with Crippen molar-refractivity contribution in [2.24, 2.45) is 0 Å². The van der Waals surface area contributed by atoms with E-state index in [0.717, 1.165) is 35.4 Å². The van der Waals surface area contributed by atoms with Gasteiger partial charge >= 0.3 is 0 Å². The number of benzene rings is 1. The van der Waals surface area contributed by atoms with Gasteiger partial charge in [-0.15, -0.1) is 0 Å². The van der Waals surface area contributed by atoms with Gasteiger partial charge in [-0.2, -0.15) is 5.10 Å². The van der Waals surface area contributed by atoms with Gasteiger partial charge in [0.05, 0.1) is 22.7 Å². The molecule has 1 aromatic carbocycles. The van der Waals surface area contributed by atoms with Gasteiger partial charge in [-0.3, -0.25) is 4.79 Å². The smallest absolute Gasteiger partial charge is 0.266 e. The van der Waals surface area contributed by atoms with Crippen LogP contribution in [-0.2, 0) is 6.54 Å². The minimum absolute atomic E-state index is 0.211. The number of hydrogen-bond acceptors (Lipinski definition) is 6. The number of aryl methyl sites for hydroxylation is 1. The van der Waals surface area contributed by atoms with Crippen molar-refractivity contribution in [3.8, 4) is 21.8 Å². The van der Waals surface area contributed by atoms with Crippen LogP contribution < -0.4 is 11.3 Å². The molecule has 1 saturated carbocycles. The lowest BCUT2D eigenvalue weighted by Crippen LogP contribution is -2.40. The van der Waals surface area contributed by atoms with E-state index in [1.165, 1.54) is 27.6 Å². The molecule has 0 spiro atoms. The highest BCUT2D eigenvalue weighted by atomic mass is 32.1. The second-order valence-corrected chi connectivity index (χ2v) is 8.63. The van der Waals surface area contributed by atoms with Crippen molar-refractivity contribution in [3.05, 3.63) is 52.3 Å². The molecule has 6 nitrogen and oxygen atoms in total. The van der Waals surface area contributed by atoms with Gasteiger partial charge in [-0.1, -0.05) is 60.4 Å². The number of rotatable bonds is 4. The van der Waals surface area contributed by atoms with Crippen molar-refractivity contribution in [1.82, 2.24) is 14.8 Å². The molecule has 0 atom stereocenters. The third kappa shape index (κ3) is 3.86. The van der Waals surface area contributed by atoms with Crippen LogP contribution in [0, 0.1) is 6.92 Å². The molecule has 3 aromatic rings. The Bertz CT molecular complexity index is 1030. The summed E-state index contributed by atoms with van der Waals surface area (Å²) >= 11 is 1.35. The highest BCUT2D eigenvalue weighted by Crippen LogP contribution is 2.37. The van der Waals surface area contributed by atoms with Gasteiger partial charge in [-0.05, 0) is 25.8 Å². The molecule has 146 valence electrons. The summed E-state index contributed by atoms with van der Waals surface area (Å²) in [7, 11) is 0. The molecule has 2 heterocycles. The normalized spacial score (nSPS) is 16.2. The largest absolute Gasteiger partial charge is 0.388 e. The number of aliphatic hydroxyl groups is 1. The Morgan fingerprint density at radius 3 is 2.57 bits per heavy atom. The molecular formula is C21H24N4O2S. The number of nitrogens with zero attached hydrogens (tertiary/aromatic N) is 3. The number of nitrogens with two attached hydrogens (primary N) is 1. The predicted molar refractivity (Wildman–Crippen MR) is 112 cm³/mol. The molecular weight excluding hydrogens is 372 g/mol. The van der Waals surface area contributed by atoms with E-state index in [1.54, 1.807) is 6.07 Å². The van der Waals surface area contributed by atoms with Gasteiger partial charge in [0.25, 0.3) is 5.56 Å². The van der Waals surface area contributed by atoms with Crippen LogP contribution in [0.2, 0.25) is 0 Å². The Labute approximate surface area is 167 Å². The van der Waals surface area contributed by atoms with Gasteiger partial charge in [0.2, 0.25) is 0 Å². The SMILES string of the molecule is Cc1ccc(-c2nc(N)sc2-c2ccc(=O)n(CC3(O)CCCCC3)n2)cc1. The van der Waals surface area contributed by atoms with Crippen molar-refractivity contribution < 1.29 is 5.11 Å². The number of anilines is 1. The van der Waals surface area contributed by atoms with Crippen LogP contribution in [0.25, 0.3) is 21.8 Å². The standard InChI is InChI=1S/C21H24N4O2S/c1-14-5-7-15(8-6-14)18-19(28-20(22)23-18)16-9-10-17(26)25(24-16)13-21(27)11-3-2-4-12-21/h5-10,27H,2-4,11-13H2,1H3,(H2,22,23). The van der Waals surface area contributed by atoms with Gasteiger partial charge < -0.3 is 10.8 Å². The maximum atomic E-state index is 12.4. The molecule has 0 saturated heterocycles. The van der Waals surface area contributed by atoms with E-state index >= 15 is 0 Å². The Kier molecular flexibility index (Phi) is 5.03. The van der Waals surface area contributed by atoms with Crippen LogP contribution in [0.5, 0.6) is 0 Å². The van der Waals surface area contributed by atoms with Crippen LogP contribution in [0.3, 0.4) is 0 Å². The lowest BCUT2D eigenvalue weighted by Gasteiger charge is -2.31. The highest BCUT2D eigenvalue weighted by Gasteiger charge is 2.30. The first-order chi connectivity index (χ1) is 13.4. The summed E-state index contributed by atoms with van der Waals surface area (Å²) in [5.41, 5.74) is 8.45. The van der Waals surface area contributed by atoms with Crippen LogP contribution in [0.4, 0.5) is 5.13 Å². The molecule has 0 unspecified atom stereocenters. The predicted octanol–water partition coefficient (Wildman–Crippen LogP) is 3.62. The van der Waals surface area contributed by atoms with Crippen molar-refractivity contribution in [2.45, 2.75) is 51.2 Å². The zero-order valence-corrected chi connectivity index (χ0v) is 16.7. The second-order valence-electron chi connectivity index (χ2n) is 7.60. The van der Waals surface area contributed by atoms with Crippen molar-refractivity contribution in [3.63, 3.8) is 0 Å². The van der Waals surface area contributed by atoms with E-state index in [2.05, 4.69) is 10.1 Å². The number of thiazole rings is 1. The average molecular weight is 397 g/mol. The summed E-state index contributed by atoms with van der Waals surface area (Å²) in [5, 5.41) is 15.9. The highest BCUT2D eigenvalue weighted by molar-refractivity contribution is 7.19. The third-order valence-corrected chi connectivity index (χ3v) is 6.20. The van der Waals surface area contributed by atoms with Crippen LogP contribution in [-0.4, -0.2) is 25.5 Å². The minimum Gasteiger partial charge on any atom is -0.388 e. The first-order valence-electron chi connectivity index (χ1n) is 9.58. The fourth-order valence-corrected chi connectivity index (χ4v) is 4.57. The average Bonchev–Trinajstić information content (AvgIpc) is 3.06. The molecule has 1 aliphatic rings. The quantitative estimate of drug-likeness (QED) is 0.702. The molecule has 0 amide bonds. The van der Waals surface area contributed by atoms with E-state index in [9.17, 15) is 9.90 Å². The number of hydrogen-bond donors (Lipinski definition) is 2. The minimum atomic E-state index is -0.861. The van der Waals surface area contributed by atoms with E-state index < -0.39 is 5.60 Å². The van der Waals surface area contributed by atoms with Crippen molar-refractivity contribution >= 4 is 16.5 Å². The summed E-state index contributed by atoms with van der Waals surface area (Å²) in [6, 6.07) is 11.3. The van der Waals surface area contributed by atoms with E-state index in [1.807, 2.05) is 31.2 Å². The summed E-state index contributed by atoms with van der Waals surface area (Å²) < 4.78 is 1.38. The lowest BCUT2D eigenvalue weighted by atomic mass is 9.85. The monoisotopic (exact) mass is 396 g/mol. The lowest BCUT2D eigenvalue weighted by molar-refractivity contribution is -0.0153. The van der Waals surface area contributed by atoms with Crippen LogP contribution >= 0.6 is 11.3 Å². The van der Waals surface area contributed by atoms with Gasteiger partial charge in [0, 0.05) is 11.6 Å². The van der Waals surface area contributed by atoms with E-state index in [4.69, 9.17) is 5.73 Å². The zero-order chi connectivity index (χ0) is 19.7. The van der Waals surface area contributed by atoms with Crippen LogP contribution in [0.1, 0.15) is 37.7 Å². The molecule has 2 aromatic heterocycles. The first-order valence-corrected chi connectivity index (χ1v) is 10.4. The van der Waals surface area contributed by atoms with Gasteiger partial charge in [0.1, 0.15) is 5.69 Å². The topological polar surface area (TPSA) is 94.0 Å². The Balaban J connectivity index is 1.72. The van der Waals surface area contributed by atoms with Crippen LogP contribution in [0.15, 0.2) is 41.2 Å². The Hall–Kier alpha value is -2.51. The molecule has 1 aliphatic carbocycles. The number of nitrogen functional groups attached to an aromatic ring is 1. The summed E-state index contributed by atoms with van der Waals surface area (Å²) in [6.07, 6.45) is 4.49. The molecule has 4 rings (SSSR count). The van der Waals surface area contributed by atoms with Gasteiger partial charge in [0.15, 0.2) is 5.13 Å². The summed E-state index contributed by atoms with van der Waals surface area (Å²) in [5.74, 6) is 0. The summed E-state index contributed by atoms with van der Waals surface area (Å²) in [4.78, 5) is 17.7. The first kappa shape index (κ1) is 18.8. The molecule has 7 heteroatoms. The maximum Gasteiger partial charge on any atom is 0.266 e. The fourth-order valence-electron chi connectivity index (χ4n) is 3.75. The molecule has 0 bridgehead atoms. The molecule has 0 aliphatic heterocycles. The second kappa shape index (κ2) is 7.48. The summed E-state index contributed by atoms with van der Waals surface area (Å²) in [6.45, 7) is 2.25. The van der Waals surface area contributed by atoms with Crippen molar-refractivity contribution in [1.29, 1.82) is 0 Å². The van der Waals surface area contributed by atoms with Gasteiger partial charge in [-0.25, -0.2) is 9.67 Å². The maximum absolute atomic E-state index is 12.4. The molecule has 3 N–H and O–H groups in total. The zero-order valence-electron chi connectivity index (χ0n) is 15.9.